The molecular formula is C13H22N4O. The third-order valence-electron chi connectivity index (χ3n) is 3.08. The molecule has 1 fully saturated rings. The van der Waals surface area contributed by atoms with E-state index in [1.54, 1.807) is 0 Å². The molecule has 2 heterocycles. The Hall–Kier alpha value is -1.52. The van der Waals surface area contributed by atoms with Crippen molar-refractivity contribution in [2.45, 2.75) is 39.2 Å². The molecule has 2 aliphatic heterocycles. The van der Waals surface area contributed by atoms with Crippen molar-refractivity contribution in [2.75, 3.05) is 19.6 Å². The Morgan fingerprint density at radius 2 is 2.06 bits per heavy atom. The summed E-state index contributed by atoms with van der Waals surface area (Å²) in [5.41, 5.74) is 0.883. The summed E-state index contributed by atoms with van der Waals surface area (Å²) in [6.45, 7) is 6.45. The van der Waals surface area contributed by atoms with E-state index < -0.39 is 0 Å². The lowest BCUT2D eigenvalue weighted by Crippen LogP contribution is -2.42. The van der Waals surface area contributed by atoms with Gasteiger partial charge in [0.05, 0.1) is 6.54 Å². The minimum atomic E-state index is 0.0157. The molecule has 0 aromatic carbocycles. The summed E-state index contributed by atoms with van der Waals surface area (Å²) in [5, 5.41) is 6.18. The summed E-state index contributed by atoms with van der Waals surface area (Å²) in [7, 11) is 0. The van der Waals surface area contributed by atoms with Gasteiger partial charge in [0.2, 0.25) is 0 Å². The molecule has 0 aromatic rings. The monoisotopic (exact) mass is 250 g/mol. The number of nitrogens with zero attached hydrogens (tertiary/aromatic N) is 2. The largest absolute Gasteiger partial charge is 0.368 e. The minimum absolute atomic E-state index is 0.0157. The van der Waals surface area contributed by atoms with Gasteiger partial charge in [-0.25, -0.2) is 4.79 Å². The van der Waals surface area contributed by atoms with Crippen molar-refractivity contribution in [2.24, 2.45) is 4.99 Å². The summed E-state index contributed by atoms with van der Waals surface area (Å²) in [6.07, 6.45) is 5.38. The fourth-order valence-corrected chi connectivity index (χ4v) is 2.20. The first-order valence-electron chi connectivity index (χ1n) is 6.72. The van der Waals surface area contributed by atoms with Gasteiger partial charge >= 0.3 is 6.03 Å². The number of urea groups is 1. The van der Waals surface area contributed by atoms with Gasteiger partial charge in [-0.15, -0.1) is 0 Å². The van der Waals surface area contributed by atoms with Crippen LogP contribution in [0.2, 0.25) is 0 Å². The number of nitrogens with one attached hydrogen (secondary N) is 2. The Bertz CT molecular complexity index is 367. The molecule has 5 heteroatoms. The fourth-order valence-electron chi connectivity index (χ4n) is 2.20. The zero-order chi connectivity index (χ0) is 13.0. The average molecular weight is 250 g/mol. The highest BCUT2D eigenvalue weighted by molar-refractivity contribution is 5.96. The Morgan fingerprint density at radius 3 is 2.72 bits per heavy atom. The minimum Gasteiger partial charge on any atom is -0.368 e. The lowest BCUT2D eigenvalue weighted by Gasteiger charge is -2.26. The van der Waals surface area contributed by atoms with Crippen molar-refractivity contribution < 1.29 is 4.79 Å². The number of rotatable bonds is 2. The number of amides is 2. The Morgan fingerprint density at radius 1 is 1.33 bits per heavy atom. The van der Waals surface area contributed by atoms with Crippen LogP contribution in [0, 0.1) is 0 Å². The van der Waals surface area contributed by atoms with E-state index >= 15 is 0 Å². The van der Waals surface area contributed by atoms with Crippen LogP contribution < -0.4 is 10.6 Å². The molecule has 0 atom stereocenters. The predicted octanol–water partition coefficient (Wildman–Crippen LogP) is 1.48. The average Bonchev–Trinajstić information content (AvgIpc) is 2.76. The molecule has 1 saturated heterocycles. The van der Waals surface area contributed by atoms with Gasteiger partial charge in [-0.05, 0) is 33.1 Å². The number of likely N-dealkylation sites (tertiary alicyclic amines) is 1. The number of hydrogen-bond donors (Lipinski definition) is 2. The van der Waals surface area contributed by atoms with E-state index in [4.69, 9.17) is 0 Å². The normalized spacial score (nSPS) is 19.6. The molecule has 100 valence electrons. The van der Waals surface area contributed by atoms with Crippen LogP contribution in [0.5, 0.6) is 0 Å². The van der Waals surface area contributed by atoms with E-state index in [1.165, 1.54) is 6.42 Å². The highest BCUT2D eigenvalue weighted by Gasteiger charge is 2.18. The van der Waals surface area contributed by atoms with Crippen molar-refractivity contribution in [3.05, 3.63) is 11.8 Å². The van der Waals surface area contributed by atoms with Gasteiger partial charge in [0.15, 0.2) is 0 Å². The van der Waals surface area contributed by atoms with Gasteiger partial charge in [-0.2, -0.15) is 0 Å². The van der Waals surface area contributed by atoms with E-state index in [-0.39, 0.29) is 6.03 Å². The van der Waals surface area contributed by atoms with Gasteiger partial charge in [0, 0.05) is 30.9 Å². The van der Waals surface area contributed by atoms with Crippen LogP contribution in [0.15, 0.2) is 16.8 Å². The second-order valence-electron chi connectivity index (χ2n) is 5.15. The van der Waals surface area contributed by atoms with Crippen molar-refractivity contribution in [3.63, 3.8) is 0 Å². The second kappa shape index (κ2) is 5.89. The standard InChI is InChI=1S/C13H22N4O/c1-10(2)15-12-8-11(9-14-12)16-13(18)17-6-4-3-5-7-17/h8,10H,3-7,9H2,1-2H3,(H,14,15)(H,16,18). The molecule has 5 nitrogen and oxygen atoms in total. The first-order valence-corrected chi connectivity index (χ1v) is 6.72. The SMILES string of the molecule is CC(C)NC1=NCC(NC(=O)N2CCCCC2)=C1. The molecule has 0 radical (unpaired) electrons. The van der Waals surface area contributed by atoms with Gasteiger partial charge in [-0.3, -0.25) is 4.99 Å². The number of amidine groups is 1. The molecule has 0 bridgehead atoms. The Labute approximate surface area is 108 Å². The van der Waals surface area contributed by atoms with E-state index in [2.05, 4.69) is 29.5 Å². The Balaban J connectivity index is 1.82. The number of carbonyl (C=O) groups excluding carboxylic acids is 1. The lowest BCUT2D eigenvalue weighted by molar-refractivity contribution is 0.189. The van der Waals surface area contributed by atoms with Crippen LogP contribution in [0.4, 0.5) is 4.79 Å². The fraction of sp³-hybridized carbons (Fsp3) is 0.692. The van der Waals surface area contributed by atoms with Crippen LogP contribution in [-0.4, -0.2) is 42.4 Å². The third kappa shape index (κ3) is 3.48. The first kappa shape index (κ1) is 12.9. The first-order chi connectivity index (χ1) is 8.65. The molecule has 2 aliphatic rings. The summed E-state index contributed by atoms with van der Waals surface area (Å²) < 4.78 is 0. The summed E-state index contributed by atoms with van der Waals surface area (Å²) in [6, 6.07) is 0.374. The molecule has 0 spiro atoms. The van der Waals surface area contributed by atoms with E-state index in [0.29, 0.717) is 12.6 Å². The number of aliphatic imine (C=N–C) groups is 1. The van der Waals surface area contributed by atoms with Crippen LogP contribution in [-0.2, 0) is 0 Å². The molecule has 2 N–H and O–H groups in total. The van der Waals surface area contributed by atoms with Gasteiger partial charge in [0.1, 0.15) is 5.84 Å². The number of hydrogen-bond acceptors (Lipinski definition) is 3. The molecule has 0 aliphatic carbocycles. The smallest absolute Gasteiger partial charge is 0.321 e. The zero-order valence-corrected chi connectivity index (χ0v) is 11.2. The summed E-state index contributed by atoms with van der Waals surface area (Å²) in [4.78, 5) is 18.2. The predicted molar refractivity (Wildman–Crippen MR) is 72.6 cm³/mol. The van der Waals surface area contributed by atoms with Crippen molar-refractivity contribution in [3.8, 4) is 0 Å². The highest BCUT2D eigenvalue weighted by Crippen LogP contribution is 2.10. The molecule has 0 saturated carbocycles. The maximum atomic E-state index is 12.0. The van der Waals surface area contributed by atoms with E-state index in [1.807, 2.05) is 11.0 Å². The van der Waals surface area contributed by atoms with Crippen LogP contribution in [0.1, 0.15) is 33.1 Å². The highest BCUT2D eigenvalue weighted by atomic mass is 16.2. The van der Waals surface area contributed by atoms with Gasteiger partial charge in [-0.1, -0.05) is 0 Å². The summed E-state index contributed by atoms with van der Waals surface area (Å²) in [5.74, 6) is 0.860. The molecule has 2 amide bonds. The summed E-state index contributed by atoms with van der Waals surface area (Å²) >= 11 is 0. The van der Waals surface area contributed by atoms with Crippen molar-refractivity contribution in [1.29, 1.82) is 0 Å². The quantitative estimate of drug-likeness (QED) is 0.780. The topological polar surface area (TPSA) is 56.7 Å². The van der Waals surface area contributed by atoms with Crippen LogP contribution >= 0.6 is 0 Å². The number of carbonyl (C=O) groups is 1. The molecule has 0 unspecified atom stereocenters. The molecular weight excluding hydrogens is 228 g/mol. The maximum absolute atomic E-state index is 12.0. The van der Waals surface area contributed by atoms with E-state index in [0.717, 1.165) is 37.5 Å². The van der Waals surface area contributed by atoms with Crippen molar-refractivity contribution >= 4 is 11.9 Å². The third-order valence-corrected chi connectivity index (χ3v) is 3.08. The van der Waals surface area contributed by atoms with E-state index in [9.17, 15) is 4.79 Å². The molecule has 18 heavy (non-hydrogen) atoms. The van der Waals surface area contributed by atoms with Crippen LogP contribution in [0.3, 0.4) is 0 Å². The van der Waals surface area contributed by atoms with Gasteiger partial charge < -0.3 is 15.5 Å². The molecule has 0 aromatic heterocycles. The van der Waals surface area contributed by atoms with Crippen molar-refractivity contribution in [1.82, 2.24) is 15.5 Å². The number of piperidine rings is 1. The lowest BCUT2D eigenvalue weighted by atomic mass is 10.1. The second-order valence-corrected chi connectivity index (χ2v) is 5.15. The molecule has 2 rings (SSSR count). The van der Waals surface area contributed by atoms with Gasteiger partial charge in [0.25, 0.3) is 0 Å². The maximum Gasteiger partial charge on any atom is 0.321 e. The zero-order valence-electron chi connectivity index (χ0n) is 11.2. The van der Waals surface area contributed by atoms with Crippen LogP contribution in [0.25, 0.3) is 0 Å². The Kier molecular flexibility index (Phi) is 4.23.